The van der Waals surface area contributed by atoms with E-state index in [0.29, 0.717) is 12.5 Å². The number of anilines is 1. The lowest BCUT2D eigenvalue weighted by Crippen LogP contribution is -2.08. The Morgan fingerprint density at radius 1 is 1.33 bits per heavy atom. The summed E-state index contributed by atoms with van der Waals surface area (Å²) >= 11 is 0. The molecule has 1 heterocycles. The molecule has 0 aliphatic carbocycles. The van der Waals surface area contributed by atoms with Crippen LogP contribution in [0.5, 0.6) is 0 Å². The molecule has 84 valence electrons. The normalized spacial score (nSPS) is 10.7. The first-order chi connectivity index (χ1) is 7.31. The van der Waals surface area contributed by atoms with Gasteiger partial charge in [-0.05, 0) is 12.8 Å². The van der Waals surface area contributed by atoms with Crippen LogP contribution in [0, 0.1) is 0 Å². The van der Waals surface area contributed by atoms with Crippen molar-refractivity contribution in [2.75, 3.05) is 18.5 Å². The predicted molar refractivity (Wildman–Crippen MR) is 60.9 cm³/mol. The molecule has 2 N–H and O–H groups in total. The van der Waals surface area contributed by atoms with E-state index < -0.39 is 0 Å². The molecule has 0 spiro atoms. The highest BCUT2D eigenvalue weighted by Gasteiger charge is 2.08. The van der Waals surface area contributed by atoms with Crippen LogP contribution >= 0.6 is 0 Å². The zero-order valence-corrected chi connectivity index (χ0v) is 9.40. The number of aromatic nitrogens is 2. The van der Waals surface area contributed by atoms with Crippen molar-refractivity contribution in [2.45, 2.75) is 32.6 Å². The molecule has 1 aromatic rings. The van der Waals surface area contributed by atoms with Crippen LogP contribution in [0.25, 0.3) is 0 Å². The Labute approximate surface area is 90.8 Å². The molecule has 4 nitrogen and oxygen atoms in total. The Balaban J connectivity index is 2.72. The molecule has 0 saturated heterocycles. The van der Waals surface area contributed by atoms with Gasteiger partial charge in [0.25, 0.3) is 0 Å². The van der Waals surface area contributed by atoms with Gasteiger partial charge in [-0.25, -0.2) is 9.97 Å². The Morgan fingerprint density at radius 3 is 2.67 bits per heavy atom. The van der Waals surface area contributed by atoms with Gasteiger partial charge in [0.2, 0.25) is 0 Å². The van der Waals surface area contributed by atoms with Crippen molar-refractivity contribution in [3.05, 3.63) is 18.1 Å². The molecule has 0 saturated carbocycles. The zero-order chi connectivity index (χ0) is 11.1. The molecule has 0 aromatic carbocycles. The van der Waals surface area contributed by atoms with E-state index in [1.165, 1.54) is 0 Å². The molecular formula is C11H19N3O. The first-order valence-corrected chi connectivity index (χ1v) is 5.48. The number of hydrogen-bond acceptors (Lipinski definition) is 4. The molecule has 0 fully saturated rings. The number of nitrogens with one attached hydrogen (secondary N) is 1. The van der Waals surface area contributed by atoms with Gasteiger partial charge in [-0.3, -0.25) is 0 Å². The van der Waals surface area contributed by atoms with Crippen LogP contribution < -0.4 is 5.32 Å². The van der Waals surface area contributed by atoms with Gasteiger partial charge in [-0.15, -0.1) is 0 Å². The Kier molecular flexibility index (Phi) is 5.04. The van der Waals surface area contributed by atoms with E-state index in [9.17, 15) is 0 Å². The fourth-order valence-corrected chi connectivity index (χ4v) is 1.58. The molecule has 0 unspecified atom stereocenters. The van der Waals surface area contributed by atoms with Crippen molar-refractivity contribution in [3.63, 3.8) is 0 Å². The van der Waals surface area contributed by atoms with Gasteiger partial charge in [0.05, 0.1) is 6.61 Å². The molecule has 0 aliphatic heterocycles. The summed E-state index contributed by atoms with van der Waals surface area (Å²) in [5, 5.41) is 11.7. The van der Waals surface area contributed by atoms with E-state index in [0.717, 1.165) is 24.4 Å². The van der Waals surface area contributed by atoms with Gasteiger partial charge < -0.3 is 10.4 Å². The van der Waals surface area contributed by atoms with Crippen molar-refractivity contribution < 1.29 is 5.11 Å². The van der Waals surface area contributed by atoms with Gasteiger partial charge in [-0.2, -0.15) is 0 Å². The zero-order valence-electron chi connectivity index (χ0n) is 9.40. The molecule has 15 heavy (non-hydrogen) atoms. The van der Waals surface area contributed by atoms with Crippen molar-refractivity contribution in [1.29, 1.82) is 0 Å². The van der Waals surface area contributed by atoms with E-state index in [1.807, 2.05) is 6.07 Å². The lowest BCUT2D eigenvalue weighted by atomic mass is 9.99. The van der Waals surface area contributed by atoms with Crippen LogP contribution in [-0.2, 0) is 0 Å². The van der Waals surface area contributed by atoms with Gasteiger partial charge in [0.15, 0.2) is 0 Å². The second kappa shape index (κ2) is 6.35. The van der Waals surface area contributed by atoms with Crippen LogP contribution in [0.1, 0.15) is 38.3 Å². The van der Waals surface area contributed by atoms with E-state index in [1.54, 1.807) is 6.33 Å². The smallest absolute Gasteiger partial charge is 0.129 e. The van der Waals surface area contributed by atoms with Crippen LogP contribution in [0.3, 0.4) is 0 Å². The van der Waals surface area contributed by atoms with Crippen molar-refractivity contribution in [2.24, 2.45) is 0 Å². The maximum absolute atomic E-state index is 8.69. The third kappa shape index (κ3) is 3.47. The third-order valence-corrected chi connectivity index (χ3v) is 2.51. The van der Waals surface area contributed by atoms with Crippen LogP contribution in [0.15, 0.2) is 12.4 Å². The average molecular weight is 209 g/mol. The highest BCUT2D eigenvalue weighted by atomic mass is 16.3. The highest BCUT2D eigenvalue weighted by Crippen LogP contribution is 2.21. The molecule has 1 rings (SSSR count). The lowest BCUT2D eigenvalue weighted by Gasteiger charge is -2.12. The SMILES string of the molecule is CCC(CC)c1cc(NCCO)ncn1. The van der Waals surface area contributed by atoms with Gasteiger partial charge in [-0.1, -0.05) is 13.8 Å². The second-order valence-electron chi connectivity index (χ2n) is 3.49. The molecular weight excluding hydrogens is 190 g/mol. The number of nitrogens with zero attached hydrogens (tertiary/aromatic N) is 2. The summed E-state index contributed by atoms with van der Waals surface area (Å²) in [5.74, 6) is 1.30. The summed E-state index contributed by atoms with van der Waals surface area (Å²) < 4.78 is 0. The van der Waals surface area contributed by atoms with E-state index in [-0.39, 0.29) is 6.61 Å². The standard InChI is InChI=1S/C11H19N3O/c1-3-9(4-2)10-7-11(12-5-6-15)14-8-13-10/h7-9,15H,3-6H2,1-2H3,(H,12,13,14). The first kappa shape index (κ1) is 11.9. The summed E-state index contributed by atoms with van der Waals surface area (Å²) in [6.45, 7) is 4.97. The number of aliphatic hydroxyl groups excluding tert-OH is 1. The van der Waals surface area contributed by atoms with Gasteiger partial charge in [0, 0.05) is 24.2 Å². The number of hydrogen-bond donors (Lipinski definition) is 2. The highest BCUT2D eigenvalue weighted by molar-refractivity contribution is 5.35. The van der Waals surface area contributed by atoms with Crippen LogP contribution in [0.4, 0.5) is 5.82 Å². The fraction of sp³-hybridized carbons (Fsp3) is 0.636. The minimum atomic E-state index is 0.115. The van der Waals surface area contributed by atoms with Crippen LogP contribution in [-0.4, -0.2) is 28.2 Å². The summed E-state index contributed by atoms with van der Waals surface area (Å²) in [6, 6.07) is 1.97. The monoisotopic (exact) mass is 209 g/mol. The topological polar surface area (TPSA) is 58.0 Å². The largest absolute Gasteiger partial charge is 0.395 e. The quantitative estimate of drug-likeness (QED) is 0.750. The maximum Gasteiger partial charge on any atom is 0.129 e. The molecule has 0 amide bonds. The minimum Gasteiger partial charge on any atom is -0.395 e. The second-order valence-corrected chi connectivity index (χ2v) is 3.49. The maximum atomic E-state index is 8.69. The Bertz CT molecular complexity index is 287. The summed E-state index contributed by atoms with van der Waals surface area (Å²) in [5.41, 5.74) is 1.08. The lowest BCUT2D eigenvalue weighted by molar-refractivity contribution is 0.311. The Morgan fingerprint density at radius 2 is 2.07 bits per heavy atom. The molecule has 0 bridgehead atoms. The fourth-order valence-electron chi connectivity index (χ4n) is 1.58. The van der Waals surface area contributed by atoms with Crippen molar-refractivity contribution in [1.82, 2.24) is 9.97 Å². The average Bonchev–Trinajstić information content (AvgIpc) is 2.29. The minimum absolute atomic E-state index is 0.115. The van der Waals surface area contributed by atoms with E-state index in [2.05, 4.69) is 29.1 Å². The first-order valence-electron chi connectivity index (χ1n) is 5.48. The predicted octanol–water partition coefficient (Wildman–Crippen LogP) is 1.78. The molecule has 4 heteroatoms. The van der Waals surface area contributed by atoms with Gasteiger partial charge >= 0.3 is 0 Å². The molecule has 0 radical (unpaired) electrons. The molecule has 1 aromatic heterocycles. The van der Waals surface area contributed by atoms with Crippen molar-refractivity contribution >= 4 is 5.82 Å². The number of aliphatic hydroxyl groups is 1. The van der Waals surface area contributed by atoms with Gasteiger partial charge in [0.1, 0.15) is 12.1 Å². The number of rotatable bonds is 6. The Hall–Kier alpha value is -1.16. The molecule has 0 aliphatic rings. The molecule has 0 atom stereocenters. The van der Waals surface area contributed by atoms with Crippen LogP contribution in [0.2, 0.25) is 0 Å². The van der Waals surface area contributed by atoms with E-state index >= 15 is 0 Å². The van der Waals surface area contributed by atoms with E-state index in [4.69, 9.17) is 5.11 Å². The summed E-state index contributed by atoms with van der Waals surface area (Å²) in [6.07, 6.45) is 3.76. The summed E-state index contributed by atoms with van der Waals surface area (Å²) in [7, 11) is 0. The third-order valence-electron chi connectivity index (χ3n) is 2.51. The van der Waals surface area contributed by atoms with Crippen molar-refractivity contribution in [3.8, 4) is 0 Å². The summed E-state index contributed by atoms with van der Waals surface area (Å²) in [4.78, 5) is 8.37.